The molecule has 0 radical (unpaired) electrons. The van der Waals surface area contributed by atoms with Gasteiger partial charge in [0.25, 0.3) is 0 Å². The molecule has 152 valence electrons. The summed E-state index contributed by atoms with van der Waals surface area (Å²) in [4.78, 5) is 15.2. The van der Waals surface area contributed by atoms with Crippen LogP contribution in [0.3, 0.4) is 0 Å². The average Bonchev–Trinajstić information content (AvgIpc) is 2.99. The molecule has 10 heteroatoms. The summed E-state index contributed by atoms with van der Waals surface area (Å²) in [6, 6.07) is 1.91. The van der Waals surface area contributed by atoms with Crippen molar-refractivity contribution >= 4 is 11.7 Å². The summed E-state index contributed by atoms with van der Waals surface area (Å²) in [7, 11) is 0. The number of aromatic nitrogens is 3. The molecule has 0 saturated carbocycles. The summed E-state index contributed by atoms with van der Waals surface area (Å²) in [5, 5.41) is 13.8. The summed E-state index contributed by atoms with van der Waals surface area (Å²) < 4.78 is 16.7. The molecule has 1 aliphatic heterocycles. The van der Waals surface area contributed by atoms with Gasteiger partial charge in [-0.1, -0.05) is 0 Å². The number of rotatable bonds is 6. The molecular weight excluding hydrogens is 364 g/mol. The van der Waals surface area contributed by atoms with E-state index in [0.29, 0.717) is 43.7 Å². The Hall–Kier alpha value is -2.72. The maximum Gasteiger partial charge on any atom is 0.321 e. The number of ether oxygens (including phenoxy) is 2. The molecule has 28 heavy (non-hydrogen) atoms. The van der Waals surface area contributed by atoms with Crippen LogP contribution in [0.25, 0.3) is 0 Å². The van der Waals surface area contributed by atoms with Crippen molar-refractivity contribution in [3.05, 3.63) is 29.0 Å². The highest BCUT2D eigenvalue weighted by Gasteiger charge is 2.23. The van der Waals surface area contributed by atoms with Crippen molar-refractivity contribution in [3.8, 4) is 6.01 Å². The van der Waals surface area contributed by atoms with E-state index in [2.05, 4.69) is 20.1 Å². The van der Waals surface area contributed by atoms with Gasteiger partial charge in [0.2, 0.25) is 5.95 Å². The number of hydrogen-bond acceptors (Lipinski definition) is 10. The maximum atomic E-state index is 9.95. The Morgan fingerprint density at radius 3 is 2.57 bits per heavy atom. The number of hydrogen-bond donors (Lipinski definition) is 2. The van der Waals surface area contributed by atoms with Gasteiger partial charge < -0.3 is 29.7 Å². The highest BCUT2D eigenvalue weighted by atomic mass is 16.5. The monoisotopic (exact) mass is 390 g/mol. The second-order valence-electron chi connectivity index (χ2n) is 7.27. The van der Waals surface area contributed by atoms with Crippen LogP contribution in [0.4, 0.5) is 5.95 Å². The number of nitrogens with zero attached hydrogens (tertiary/aromatic N) is 5. The largest absolute Gasteiger partial charge is 0.460 e. The molecule has 10 nitrogen and oxygen atoms in total. The van der Waals surface area contributed by atoms with Crippen LogP contribution >= 0.6 is 0 Å². The van der Waals surface area contributed by atoms with E-state index in [4.69, 9.17) is 19.7 Å². The molecule has 3 N–H and O–H groups in total. The van der Waals surface area contributed by atoms with Crippen LogP contribution in [0.2, 0.25) is 0 Å². The van der Waals surface area contributed by atoms with Crippen molar-refractivity contribution in [2.24, 2.45) is 10.9 Å². The van der Waals surface area contributed by atoms with Gasteiger partial charge in [-0.25, -0.2) is 0 Å². The highest BCUT2D eigenvalue weighted by molar-refractivity contribution is 6.08. The Balaban J connectivity index is 1.99. The molecule has 0 spiro atoms. The average molecular weight is 390 g/mol. The molecule has 3 heterocycles. The molecule has 2 aromatic rings. The van der Waals surface area contributed by atoms with E-state index in [0.717, 1.165) is 11.3 Å². The van der Waals surface area contributed by atoms with Gasteiger partial charge in [-0.2, -0.15) is 20.1 Å². The molecule has 0 aliphatic carbocycles. The number of furan rings is 1. The smallest absolute Gasteiger partial charge is 0.321 e. The van der Waals surface area contributed by atoms with Gasteiger partial charge in [0, 0.05) is 13.1 Å². The molecule has 0 bridgehead atoms. The fraction of sp³-hybridized carbons (Fsp3) is 0.556. The van der Waals surface area contributed by atoms with Crippen molar-refractivity contribution < 1.29 is 19.0 Å². The van der Waals surface area contributed by atoms with Crippen molar-refractivity contribution in [2.45, 2.75) is 33.3 Å². The second-order valence-corrected chi connectivity index (χ2v) is 7.27. The van der Waals surface area contributed by atoms with E-state index in [9.17, 15) is 5.11 Å². The third-order valence-corrected chi connectivity index (χ3v) is 4.19. The normalized spacial score (nSPS) is 15.8. The lowest BCUT2D eigenvalue weighted by Crippen LogP contribution is -2.38. The van der Waals surface area contributed by atoms with Crippen LogP contribution in [0, 0.1) is 13.8 Å². The lowest BCUT2D eigenvalue weighted by atomic mass is 10.2. The molecule has 0 amide bonds. The zero-order chi connectivity index (χ0) is 20.3. The first kappa shape index (κ1) is 20.0. The van der Waals surface area contributed by atoms with Gasteiger partial charge in [-0.15, -0.1) is 0 Å². The van der Waals surface area contributed by atoms with E-state index in [-0.39, 0.29) is 18.4 Å². The summed E-state index contributed by atoms with van der Waals surface area (Å²) in [5.41, 5.74) is 0.227. The van der Waals surface area contributed by atoms with Crippen LogP contribution in [-0.2, 0) is 4.74 Å². The molecule has 0 unspecified atom stereocenters. The molecule has 0 atom stereocenters. The zero-order valence-electron chi connectivity index (χ0n) is 16.6. The van der Waals surface area contributed by atoms with Gasteiger partial charge in [0.05, 0.1) is 18.8 Å². The van der Waals surface area contributed by atoms with Crippen molar-refractivity contribution in [3.63, 3.8) is 0 Å². The minimum absolute atomic E-state index is 0.0209. The fourth-order valence-electron chi connectivity index (χ4n) is 2.58. The molecule has 1 aliphatic rings. The Morgan fingerprint density at radius 1 is 1.29 bits per heavy atom. The van der Waals surface area contributed by atoms with Crippen LogP contribution in [-0.4, -0.2) is 64.3 Å². The number of aliphatic hydroxyl groups is 1. The first-order valence-corrected chi connectivity index (χ1v) is 9.06. The molecule has 0 aromatic carbocycles. The van der Waals surface area contributed by atoms with E-state index >= 15 is 0 Å². The minimum atomic E-state index is -1.04. The summed E-state index contributed by atoms with van der Waals surface area (Å²) in [6.45, 7) is 9.53. The van der Waals surface area contributed by atoms with E-state index < -0.39 is 5.60 Å². The maximum absolute atomic E-state index is 9.95. The SMILES string of the molecule is Cc1cc(C(=NN)c2nc(OCC(C)(C)O)nc(N3CCOCC3)n2)oc1C. The first-order chi connectivity index (χ1) is 13.3. The summed E-state index contributed by atoms with van der Waals surface area (Å²) in [6.07, 6.45) is 0. The topological polar surface area (TPSA) is 132 Å². The summed E-state index contributed by atoms with van der Waals surface area (Å²) in [5.74, 6) is 7.52. The Bertz CT molecular complexity index is 833. The van der Waals surface area contributed by atoms with Gasteiger partial charge in [-0.05, 0) is 39.3 Å². The van der Waals surface area contributed by atoms with Crippen LogP contribution in [0.1, 0.15) is 36.8 Å². The molecular formula is C18H26N6O4. The molecule has 3 rings (SSSR count). The molecule has 2 aromatic heterocycles. The van der Waals surface area contributed by atoms with Gasteiger partial charge in [0.15, 0.2) is 17.3 Å². The predicted octanol–water partition coefficient (Wildman–Crippen LogP) is 0.779. The molecule has 1 saturated heterocycles. The number of hydrazone groups is 1. The van der Waals surface area contributed by atoms with E-state index in [1.807, 2.05) is 24.8 Å². The number of morpholine rings is 1. The predicted molar refractivity (Wildman–Crippen MR) is 103 cm³/mol. The van der Waals surface area contributed by atoms with Gasteiger partial charge >= 0.3 is 6.01 Å². The highest BCUT2D eigenvalue weighted by Crippen LogP contribution is 2.20. The lowest BCUT2D eigenvalue weighted by Gasteiger charge is -2.27. The molecule has 1 fully saturated rings. The quantitative estimate of drug-likeness (QED) is 0.417. The number of anilines is 1. The zero-order valence-corrected chi connectivity index (χ0v) is 16.6. The lowest BCUT2D eigenvalue weighted by molar-refractivity contribution is 0.0249. The van der Waals surface area contributed by atoms with Crippen molar-refractivity contribution in [2.75, 3.05) is 37.8 Å². The van der Waals surface area contributed by atoms with Crippen LogP contribution in [0.15, 0.2) is 15.6 Å². The third-order valence-electron chi connectivity index (χ3n) is 4.19. The van der Waals surface area contributed by atoms with Gasteiger partial charge in [0.1, 0.15) is 12.4 Å². The minimum Gasteiger partial charge on any atom is -0.460 e. The Labute approximate surface area is 163 Å². The van der Waals surface area contributed by atoms with Gasteiger partial charge in [-0.3, -0.25) is 0 Å². The Kier molecular flexibility index (Phi) is 5.80. The van der Waals surface area contributed by atoms with Crippen LogP contribution in [0.5, 0.6) is 6.01 Å². The van der Waals surface area contributed by atoms with E-state index in [1.54, 1.807) is 13.8 Å². The second kappa shape index (κ2) is 8.11. The Morgan fingerprint density at radius 2 is 2.00 bits per heavy atom. The van der Waals surface area contributed by atoms with Crippen LogP contribution < -0.4 is 15.5 Å². The van der Waals surface area contributed by atoms with Crippen molar-refractivity contribution in [1.82, 2.24) is 15.0 Å². The van der Waals surface area contributed by atoms with Crippen molar-refractivity contribution in [1.29, 1.82) is 0 Å². The number of aryl methyl sites for hydroxylation is 2. The third kappa shape index (κ3) is 4.76. The van der Waals surface area contributed by atoms with E-state index in [1.165, 1.54) is 0 Å². The summed E-state index contributed by atoms with van der Waals surface area (Å²) >= 11 is 0. The number of nitrogens with two attached hydrogens (primary N) is 1. The standard InChI is InChI=1S/C18H26N6O4/c1-11-9-13(28-12(11)2)14(23-19)15-20-16(24-5-7-26-8-6-24)22-17(21-15)27-10-18(3,4)25/h9,25H,5-8,10,19H2,1-4H3. The first-order valence-electron chi connectivity index (χ1n) is 9.06. The fourth-order valence-corrected chi connectivity index (χ4v) is 2.58.